The molecular formula is C32H25N3O2. The summed E-state index contributed by atoms with van der Waals surface area (Å²) >= 11 is 0. The van der Waals surface area contributed by atoms with Gasteiger partial charge >= 0.3 is 0 Å². The second-order valence-corrected chi connectivity index (χ2v) is 8.67. The summed E-state index contributed by atoms with van der Waals surface area (Å²) in [5, 5.41) is 0. The molecule has 0 fully saturated rings. The lowest BCUT2D eigenvalue weighted by atomic mass is 9.99. The third-order valence-electron chi connectivity index (χ3n) is 6.43. The molecule has 0 bridgehead atoms. The van der Waals surface area contributed by atoms with Crippen LogP contribution in [-0.2, 0) is 0 Å². The molecule has 6 aromatic rings. The van der Waals surface area contributed by atoms with Gasteiger partial charge in [-0.3, -0.25) is 4.57 Å². The number of rotatable bonds is 6. The van der Waals surface area contributed by atoms with E-state index in [1.54, 1.807) is 14.2 Å². The molecule has 180 valence electrons. The van der Waals surface area contributed by atoms with Crippen molar-refractivity contribution in [1.82, 2.24) is 9.97 Å². The molecule has 0 atom stereocenters. The summed E-state index contributed by atoms with van der Waals surface area (Å²) in [5.41, 5.74) is 7.88. The van der Waals surface area contributed by atoms with Crippen molar-refractivity contribution in [3.63, 3.8) is 0 Å². The van der Waals surface area contributed by atoms with Crippen molar-refractivity contribution < 1.29 is 14.0 Å². The third kappa shape index (κ3) is 4.21. The highest BCUT2D eigenvalue weighted by molar-refractivity contribution is 5.81. The van der Waals surface area contributed by atoms with Crippen LogP contribution < -0.4 is 19.0 Å². The highest BCUT2D eigenvalue weighted by Gasteiger charge is 2.19. The molecule has 0 radical (unpaired) electrons. The van der Waals surface area contributed by atoms with Gasteiger partial charge in [0.25, 0.3) is 0 Å². The predicted molar refractivity (Wildman–Crippen MR) is 146 cm³/mol. The van der Waals surface area contributed by atoms with Crippen LogP contribution in [0.5, 0.6) is 11.5 Å². The largest absolute Gasteiger partial charge is 0.493 e. The van der Waals surface area contributed by atoms with Gasteiger partial charge in [0.05, 0.1) is 36.6 Å². The van der Waals surface area contributed by atoms with E-state index in [4.69, 9.17) is 19.4 Å². The van der Waals surface area contributed by atoms with E-state index in [2.05, 4.69) is 89.5 Å². The fourth-order valence-electron chi connectivity index (χ4n) is 4.63. The molecule has 0 saturated heterocycles. The molecule has 5 nitrogen and oxygen atoms in total. The zero-order valence-corrected chi connectivity index (χ0v) is 20.6. The number of pyridine rings is 1. The fourth-order valence-corrected chi connectivity index (χ4v) is 4.63. The van der Waals surface area contributed by atoms with E-state index in [0.717, 1.165) is 44.7 Å². The Morgan fingerprint density at radius 3 is 1.57 bits per heavy atom. The minimum absolute atomic E-state index is 0.586. The van der Waals surface area contributed by atoms with Crippen LogP contribution in [0.1, 0.15) is 0 Å². The van der Waals surface area contributed by atoms with E-state index in [1.165, 1.54) is 0 Å². The van der Waals surface area contributed by atoms with Gasteiger partial charge in [0.15, 0.2) is 11.5 Å². The van der Waals surface area contributed by atoms with Gasteiger partial charge in [-0.2, -0.15) is 0 Å². The van der Waals surface area contributed by atoms with Crippen molar-refractivity contribution in [3.8, 4) is 51.1 Å². The summed E-state index contributed by atoms with van der Waals surface area (Å²) < 4.78 is 13.2. The zero-order valence-electron chi connectivity index (χ0n) is 20.6. The number of ether oxygens (including phenoxy) is 2. The Labute approximate surface area is 215 Å². The normalized spacial score (nSPS) is 11.0. The molecule has 0 aliphatic heterocycles. The number of aromatic nitrogens is 3. The topological polar surface area (TPSA) is 49.3 Å². The number of methoxy groups -OCH3 is 2. The third-order valence-corrected chi connectivity index (χ3v) is 6.43. The first-order valence-corrected chi connectivity index (χ1v) is 12.1. The number of benzene rings is 4. The number of nitrogens with zero attached hydrogens (tertiary/aromatic N) is 3. The van der Waals surface area contributed by atoms with Crippen molar-refractivity contribution in [3.05, 3.63) is 115 Å². The molecule has 5 heteroatoms. The second-order valence-electron chi connectivity index (χ2n) is 8.67. The average molecular weight is 484 g/mol. The molecule has 0 amide bonds. The van der Waals surface area contributed by atoms with Gasteiger partial charge in [0, 0.05) is 12.1 Å². The van der Waals surface area contributed by atoms with Crippen LogP contribution in [0, 0.1) is 0 Å². The van der Waals surface area contributed by atoms with Crippen LogP contribution in [0.25, 0.3) is 50.6 Å². The van der Waals surface area contributed by atoms with Crippen LogP contribution in [0.15, 0.2) is 115 Å². The lowest BCUT2D eigenvalue weighted by molar-refractivity contribution is -0.579. The summed E-state index contributed by atoms with van der Waals surface area (Å²) in [4.78, 5) is 9.92. The highest BCUT2D eigenvalue weighted by Crippen LogP contribution is 2.33. The van der Waals surface area contributed by atoms with Gasteiger partial charge in [-0.1, -0.05) is 91.0 Å². The standard InChI is InChI=1S/C32H25N3O2/c1-36-30-20-26-27(21-31(30)37-2)34-32(33-26)35-28(23-14-8-4-9-15-23)18-25(22-12-6-3-7-13-22)19-29(35)24-16-10-5-11-17-24/h3-21H,1-2H3. The lowest BCUT2D eigenvalue weighted by Gasteiger charge is -2.19. The van der Waals surface area contributed by atoms with Gasteiger partial charge in [-0.15, -0.1) is 0 Å². The Bertz CT molecular complexity index is 1580. The molecule has 0 N–H and O–H groups in total. The second kappa shape index (κ2) is 9.63. The van der Waals surface area contributed by atoms with Gasteiger partial charge in [-0.05, 0) is 34.4 Å². The number of imidazole rings is 1. The molecule has 6 rings (SSSR count). The van der Waals surface area contributed by atoms with Crippen molar-refractivity contribution in [1.29, 1.82) is 0 Å². The summed E-state index contributed by atoms with van der Waals surface area (Å²) in [7, 11) is 3.25. The predicted octanol–water partition coefficient (Wildman–Crippen LogP) is 6.49. The highest BCUT2D eigenvalue weighted by atomic mass is 16.5. The molecule has 37 heavy (non-hydrogen) atoms. The minimum atomic E-state index is 0.586. The molecule has 0 spiro atoms. The number of hydrogen-bond donors (Lipinski definition) is 0. The molecule has 0 aliphatic carbocycles. The molecular weight excluding hydrogens is 458 g/mol. The first kappa shape index (κ1) is 22.6. The number of hydrogen-bond acceptors (Lipinski definition) is 3. The minimum Gasteiger partial charge on any atom is -0.493 e. The van der Waals surface area contributed by atoms with Crippen LogP contribution in [0.2, 0.25) is 0 Å². The van der Waals surface area contributed by atoms with E-state index in [1.807, 2.05) is 30.3 Å². The SMILES string of the molecule is COc1cc2nc(-[n+]3c(-c4ccccc4)cc(-c4ccccc4)cc3-c3ccccc3)[n-]c2cc1OC. The number of fused-ring (bicyclic) bond motifs is 1. The quantitative estimate of drug-likeness (QED) is 0.254. The summed E-state index contributed by atoms with van der Waals surface area (Å²) in [5.74, 6) is 1.83. The van der Waals surface area contributed by atoms with Gasteiger partial charge in [-0.25, -0.2) is 9.97 Å². The first-order valence-electron chi connectivity index (χ1n) is 12.1. The summed E-state index contributed by atoms with van der Waals surface area (Å²) in [6.45, 7) is 0. The average Bonchev–Trinajstić information content (AvgIpc) is 3.39. The lowest BCUT2D eigenvalue weighted by Crippen LogP contribution is -2.38. The molecule has 0 saturated carbocycles. The van der Waals surface area contributed by atoms with Crippen molar-refractivity contribution in [2.24, 2.45) is 0 Å². The van der Waals surface area contributed by atoms with Crippen molar-refractivity contribution >= 4 is 11.0 Å². The summed E-state index contributed by atoms with van der Waals surface area (Å²) in [6, 6.07) is 39.3. The van der Waals surface area contributed by atoms with E-state index in [0.29, 0.717) is 17.4 Å². The Kier molecular flexibility index (Phi) is 5.87. The fraction of sp³-hybridized carbons (Fsp3) is 0.0625. The van der Waals surface area contributed by atoms with Crippen LogP contribution in [0.4, 0.5) is 0 Å². The Morgan fingerprint density at radius 2 is 1.05 bits per heavy atom. The molecule has 4 aromatic carbocycles. The van der Waals surface area contributed by atoms with E-state index < -0.39 is 0 Å². The first-order chi connectivity index (χ1) is 18.2. The Hall–Kier alpha value is -4.90. The van der Waals surface area contributed by atoms with E-state index >= 15 is 0 Å². The molecule has 0 unspecified atom stereocenters. The van der Waals surface area contributed by atoms with E-state index in [-0.39, 0.29) is 0 Å². The van der Waals surface area contributed by atoms with E-state index in [9.17, 15) is 0 Å². The Balaban J connectivity index is 1.69. The maximum Gasteiger partial charge on any atom is 0.235 e. The summed E-state index contributed by atoms with van der Waals surface area (Å²) in [6.07, 6.45) is 0. The Morgan fingerprint density at radius 1 is 0.568 bits per heavy atom. The molecule has 0 aliphatic rings. The smallest absolute Gasteiger partial charge is 0.235 e. The monoisotopic (exact) mass is 483 g/mol. The van der Waals surface area contributed by atoms with Crippen LogP contribution in [-0.4, -0.2) is 19.2 Å². The zero-order chi connectivity index (χ0) is 25.2. The molecule has 2 aromatic heterocycles. The molecule has 2 heterocycles. The van der Waals surface area contributed by atoms with Gasteiger partial charge in [0.2, 0.25) is 5.95 Å². The maximum absolute atomic E-state index is 5.51. The van der Waals surface area contributed by atoms with Crippen LogP contribution >= 0.6 is 0 Å². The van der Waals surface area contributed by atoms with Gasteiger partial charge < -0.3 is 9.47 Å². The van der Waals surface area contributed by atoms with Crippen molar-refractivity contribution in [2.45, 2.75) is 0 Å². The maximum atomic E-state index is 5.51. The van der Waals surface area contributed by atoms with Crippen molar-refractivity contribution in [2.75, 3.05) is 14.2 Å². The van der Waals surface area contributed by atoms with Crippen LogP contribution in [0.3, 0.4) is 0 Å². The van der Waals surface area contributed by atoms with Gasteiger partial charge in [0.1, 0.15) is 0 Å².